The molecule has 0 aromatic heterocycles. The van der Waals surface area contributed by atoms with Gasteiger partial charge in [0.1, 0.15) is 5.75 Å². The number of nitrogens with one attached hydrogen (secondary N) is 1. The Balaban J connectivity index is 2.41. The van der Waals surface area contributed by atoms with Gasteiger partial charge in [0.15, 0.2) is 0 Å². The third-order valence-electron chi connectivity index (χ3n) is 2.94. The van der Waals surface area contributed by atoms with Gasteiger partial charge in [-0.2, -0.15) is 5.26 Å². The van der Waals surface area contributed by atoms with E-state index in [-0.39, 0.29) is 11.3 Å². The molecule has 0 aliphatic carbocycles. The van der Waals surface area contributed by atoms with Gasteiger partial charge in [0.05, 0.1) is 41.4 Å². The minimum absolute atomic E-state index is 0.0209. The first-order valence-corrected chi connectivity index (χ1v) is 6.03. The maximum atomic E-state index is 11.1. The fourth-order valence-electron chi connectivity index (χ4n) is 1.87. The highest BCUT2D eigenvalue weighted by Gasteiger charge is 2.12. The molecule has 0 aliphatic heterocycles. The number of carboxylic acids is 1. The van der Waals surface area contributed by atoms with Crippen molar-refractivity contribution in [3.05, 3.63) is 47.5 Å². The number of benzene rings is 2. The summed E-state index contributed by atoms with van der Waals surface area (Å²) in [5.74, 6) is -0.628. The molecule has 6 heteroatoms. The van der Waals surface area contributed by atoms with Crippen molar-refractivity contribution in [1.29, 1.82) is 5.26 Å². The molecule has 2 aromatic rings. The van der Waals surface area contributed by atoms with Crippen LogP contribution in [0, 0.1) is 11.3 Å². The first-order chi connectivity index (χ1) is 10.1. The van der Waals surface area contributed by atoms with Crippen LogP contribution in [0.1, 0.15) is 15.9 Å². The highest BCUT2D eigenvalue weighted by molar-refractivity contribution is 5.97. The number of carboxylic acid groups (broad SMARTS) is 1. The van der Waals surface area contributed by atoms with E-state index in [9.17, 15) is 4.79 Å². The largest absolute Gasteiger partial charge is 0.495 e. The van der Waals surface area contributed by atoms with E-state index < -0.39 is 5.97 Å². The predicted molar refractivity (Wildman–Crippen MR) is 78.8 cm³/mol. The third kappa shape index (κ3) is 2.87. The van der Waals surface area contributed by atoms with Crippen LogP contribution in [0.3, 0.4) is 0 Å². The van der Waals surface area contributed by atoms with Crippen molar-refractivity contribution >= 4 is 23.0 Å². The summed E-state index contributed by atoms with van der Waals surface area (Å²) >= 11 is 0. The number of ether oxygens (including phenoxy) is 1. The molecule has 4 N–H and O–H groups in total. The van der Waals surface area contributed by atoms with Gasteiger partial charge in [0, 0.05) is 6.07 Å². The lowest BCUT2D eigenvalue weighted by Crippen LogP contribution is -2.05. The Kier molecular flexibility index (Phi) is 3.95. The van der Waals surface area contributed by atoms with Gasteiger partial charge < -0.3 is 20.9 Å². The molecular weight excluding hydrogens is 270 g/mol. The van der Waals surface area contributed by atoms with Crippen LogP contribution in [0.5, 0.6) is 5.75 Å². The van der Waals surface area contributed by atoms with E-state index >= 15 is 0 Å². The predicted octanol–water partition coefficient (Wildman–Crippen LogP) is 2.59. The lowest BCUT2D eigenvalue weighted by Gasteiger charge is -2.14. The second-order valence-electron chi connectivity index (χ2n) is 4.22. The minimum atomic E-state index is -1.09. The smallest absolute Gasteiger partial charge is 0.337 e. The topological polar surface area (TPSA) is 108 Å². The van der Waals surface area contributed by atoms with Crippen LogP contribution in [0.4, 0.5) is 17.1 Å². The molecule has 6 nitrogen and oxygen atoms in total. The number of nitrogen functional groups attached to an aromatic ring is 1. The van der Waals surface area contributed by atoms with Crippen LogP contribution in [-0.4, -0.2) is 18.2 Å². The van der Waals surface area contributed by atoms with E-state index in [0.29, 0.717) is 22.7 Å². The van der Waals surface area contributed by atoms with E-state index in [4.69, 9.17) is 20.8 Å². The molecule has 0 atom stereocenters. The second-order valence-corrected chi connectivity index (χ2v) is 4.22. The first-order valence-electron chi connectivity index (χ1n) is 6.03. The summed E-state index contributed by atoms with van der Waals surface area (Å²) in [7, 11) is 1.48. The average Bonchev–Trinajstić information content (AvgIpc) is 2.49. The molecule has 21 heavy (non-hydrogen) atoms. The van der Waals surface area contributed by atoms with Crippen molar-refractivity contribution in [3.8, 4) is 11.8 Å². The van der Waals surface area contributed by atoms with Crippen LogP contribution in [0.15, 0.2) is 36.4 Å². The monoisotopic (exact) mass is 283 g/mol. The van der Waals surface area contributed by atoms with Crippen LogP contribution < -0.4 is 15.8 Å². The number of carbonyl (C=O) groups is 1. The molecule has 0 heterocycles. The molecule has 0 radical (unpaired) electrons. The van der Waals surface area contributed by atoms with E-state index in [1.54, 1.807) is 30.3 Å². The van der Waals surface area contributed by atoms with Gasteiger partial charge in [0.25, 0.3) is 0 Å². The lowest BCUT2D eigenvalue weighted by atomic mass is 10.1. The molecule has 0 spiro atoms. The molecule has 0 saturated carbocycles. The summed E-state index contributed by atoms with van der Waals surface area (Å²) in [6.45, 7) is 0. The molecule has 0 fully saturated rings. The number of rotatable bonds is 4. The molecule has 106 valence electrons. The zero-order valence-electron chi connectivity index (χ0n) is 11.3. The SMILES string of the molecule is COc1cc(C#N)ccc1Nc1cccc(C(=O)O)c1N. The second kappa shape index (κ2) is 5.84. The maximum Gasteiger partial charge on any atom is 0.337 e. The van der Waals surface area contributed by atoms with Gasteiger partial charge in [-0.05, 0) is 24.3 Å². The van der Waals surface area contributed by atoms with Crippen LogP contribution in [0.25, 0.3) is 0 Å². The van der Waals surface area contributed by atoms with E-state index in [1.165, 1.54) is 13.2 Å². The number of methoxy groups -OCH3 is 1. The molecule has 0 unspecified atom stereocenters. The van der Waals surface area contributed by atoms with Crippen LogP contribution in [-0.2, 0) is 0 Å². The molecule has 0 saturated heterocycles. The van der Waals surface area contributed by atoms with Gasteiger partial charge in [-0.3, -0.25) is 0 Å². The summed E-state index contributed by atoms with van der Waals surface area (Å²) in [6, 6.07) is 11.6. The zero-order valence-corrected chi connectivity index (χ0v) is 11.3. The number of nitriles is 1. The fraction of sp³-hybridized carbons (Fsp3) is 0.0667. The summed E-state index contributed by atoms with van der Waals surface area (Å²) in [5.41, 5.74) is 7.51. The summed E-state index contributed by atoms with van der Waals surface area (Å²) in [6.07, 6.45) is 0. The average molecular weight is 283 g/mol. The Labute approximate surface area is 121 Å². The molecule has 0 amide bonds. The number of nitrogens with zero attached hydrogens (tertiary/aromatic N) is 1. The highest BCUT2D eigenvalue weighted by Crippen LogP contribution is 2.32. The Morgan fingerprint density at radius 3 is 2.71 bits per heavy atom. The fourth-order valence-corrected chi connectivity index (χ4v) is 1.87. The Bertz CT molecular complexity index is 735. The highest BCUT2D eigenvalue weighted by atomic mass is 16.5. The normalized spacial score (nSPS) is 9.71. The molecule has 2 rings (SSSR count). The molecule has 2 aromatic carbocycles. The summed E-state index contributed by atoms with van der Waals surface area (Å²) < 4.78 is 5.21. The van der Waals surface area contributed by atoms with Crippen molar-refractivity contribution < 1.29 is 14.6 Å². The van der Waals surface area contributed by atoms with Gasteiger partial charge in [-0.1, -0.05) is 6.07 Å². The van der Waals surface area contributed by atoms with Crippen LogP contribution >= 0.6 is 0 Å². The molecular formula is C15H13N3O3. The van der Waals surface area contributed by atoms with Gasteiger partial charge in [0.2, 0.25) is 0 Å². The van der Waals surface area contributed by atoms with Gasteiger partial charge in [-0.25, -0.2) is 4.79 Å². The number of anilines is 3. The maximum absolute atomic E-state index is 11.1. The van der Waals surface area contributed by atoms with E-state index in [0.717, 1.165) is 0 Å². The van der Waals surface area contributed by atoms with Crippen molar-refractivity contribution in [1.82, 2.24) is 0 Å². The lowest BCUT2D eigenvalue weighted by molar-refractivity contribution is 0.0698. The number of para-hydroxylation sites is 1. The van der Waals surface area contributed by atoms with E-state index in [2.05, 4.69) is 5.32 Å². The number of hydrogen-bond acceptors (Lipinski definition) is 5. The zero-order chi connectivity index (χ0) is 15.4. The Morgan fingerprint density at radius 1 is 1.33 bits per heavy atom. The van der Waals surface area contributed by atoms with Crippen LogP contribution in [0.2, 0.25) is 0 Å². The summed E-state index contributed by atoms with van der Waals surface area (Å²) in [5, 5.41) is 20.9. The van der Waals surface area contributed by atoms with Gasteiger partial charge in [-0.15, -0.1) is 0 Å². The Hall–Kier alpha value is -3.20. The third-order valence-corrected chi connectivity index (χ3v) is 2.94. The van der Waals surface area contributed by atoms with E-state index in [1.807, 2.05) is 6.07 Å². The number of hydrogen-bond donors (Lipinski definition) is 3. The Morgan fingerprint density at radius 2 is 2.10 bits per heavy atom. The standard InChI is InChI=1S/C15H13N3O3/c1-21-13-7-9(8-16)5-6-11(13)18-12-4-2-3-10(14(12)17)15(19)20/h2-7,18H,17H2,1H3,(H,19,20). The van der Waals surface area contributed by atoms with Crippen molar-refractivity contribution in [2.24, 2.45) is 0 Å². The minimum Gasteiger partial charge on any atom is -0.495 e. The summed E-state index contributed by atoms with van der Waals surface area (Å²) in [4.78, 5) is 11.1. The van der Waals surface area contributed by atoms with Crippen molar-refractivity contribution in [2.75, 3.05) is 18.2 Å². The number of aromatic carboxylic acids is 1. The number of nitrogens with two attached hydrogens (primary N) is 1. The van der Waals surface area contributed by atoms with Gasteiger partial charge >= 0.3 is 5.97 Å². The molecule has 0 aliphatic rings. The first kappa shape index (κ1) is 14.2. The van der Waals surface area contributed by atoms with Crippen molar-refractivity contribution in [2.45, 2.75) is 0 Å². The van der Waals surface area contributed by atoms with Crippen molar-refractivity contribution in [3.63, 3.8) is 0 Å². The molecule has 0 bridgehead atoms. The quantitative estimate of drug-likeness (QED) is 0.744.